The van der Waals surface area contributed by atoms with Crippen LogP contribution in [0.4, 0.5) is 13.2 Å². The van der Waals surface area contributed by atoms with Gasteiger partial charge in [-0.2, -0.15) is 22.9 Å². The van der Waals surface area contributed by atoms with Crippen molar-refractivity contribution in [2.45, 2.75) is 12.7 Å². The lowest BCUT2D eigenvalue weighted by Crippen LogP contribution is -2.20. The fourth-order valence-electron chi connectivity index (χ4n) is 5.12. The van der Waals surface area contributed by atoms with Crippen LogP contribution in [0.25, 0.3) is 33.2 Å². The average Bonchev–Trinajstić information content (AvgIpc) is 3.61. The quantitative estimate of drug-likeness (QED) is 0.218. The molecule has 0 atom stereocenters. The predicted octanol–water partition coefficient (Wildman–Crippen LogP) is 6.70. The minimum Gasteiger partial charge on any atom is -0.454 e. The fourth-order valence-corrected chi connectivity index (χ4v) is 5.12. The molecule has 0 amide bonds. The van der Waals surface area contributed by atoms with E-state index >= 15 is 0 Å². The highest BCUT2D eigenvalue weighted by Crippen LogP contribution is 2.34. The van der Waals surface area contributed by atoms with Crippen molar-refractivity contribution in [2.75, 3.05) is 6.79 Å². The monoisotopic (exact) mass is 566 g/mol. The minimum absolute atomic E-state index is 0.00477. The van der Waals surface area contributed by atoms with Crippen LogP contribution in [0.2, 0.25) is 0 Å². The topological polar surface area (TPSA) is 70.6 Å². The highest BCUT2D eigenvalue weighted by Gasteiger charge is 2.31. The van der Waals surface area contributed by atoms with Gasteiger partial charge in [-0.1, -0.05) is 48.5 Å². The summed E-state index contributed by atoms with van der Waals surface area (Å²) in [7, 11) is 0. The van der Waals surface area contributed by atoms with E-state index in [0.29, 0.717) is 28.9 Å². The van der Waals surface area contributed by atoms with Crippen LogP contribution in [0, 0.1) is 0 Å². The summed E-state index contributed by atoms with van der Waals surface area (Å²) in [5.74, 6) is 1.40. The molecule has 2 aromatic heterocycles. The molecule has 0 bridgehead atoms. The fraction of sp³-hybridized carbons (Fsp3) is 0.0938. The number of fused-ring (bicyclic) bond motifs is 3. The van der Waals surface area contributed by atoms with Gasteiger partial charge in [0.1, 0.15) is 0 Å². The van der Waals surface area contributed by atoms with Crippen molar-refractivity contribution in [3.05, 3.63) is 124 Å². The van der Waals surface area contributed by atoms with E-state index in [9.17, 15) is 18.0 Å². The van der Waals surface area contributed by atoms with E-state index in [4.69, 9.17) is 9.47 Å². The summed E-state index contributed by atoms with van der Waals surface area (Å²) in [6, 6.07) is 24.9. The molecule has 1 aliphatic heterocycles. The Morgan fingerprint density at radius 1 is 0.881 bits per heavy atom. The number of hydrogen-bond acceptors (Lipinski definition) is 5. The smallest absolute Gasteiger partial charge is 0.416 e. The van der Waals surface area contributed by atoms with Gasteiger partial charge in [0, 0.05) is 34.8 Å². The lowest BCUT2D eigenvalue weighted by Gasteiger charge is -2.12. The van der Waals surface area contributed by atoms with Crippen LogP contribution in [0.15, 0.2) is 107 Å². The van der Waals surface area contributed by atoms with E-state index in [0.717, 1.165) is 38.8 Å². The maximum atomic E-state index is 13.6. The Morgan fingerprint density at radius 3 is 2.52 bits per heavy atom. The Hall–Kier alpha value is -5.38. The van der Waals surface area contributed by atoms with Crippen molar-refractivity contribution in [3.8, 4) is 22.9 Å². The molecule has 208 valence electrons. The van der Waals surface area contributed by atoms with Crippen molar-refractivity contribution < 1.29 is 22.6 Å². The molecule has 1 aliphatic rings. The molecule has 0 saturated heterocycles. The highest BCUT2D eigenvalue weighted by molar-refractivity contribution is 5.99. The molecule has 0 N–H and O–H groups in total. The maximum Gasteiger partial charge on any atom is 0.416 e. The van der Waals surface area contributed by atoms with Gasteiger partial charge >= 0.3 is 6.18 Å². The second-order valence-corrected chi connectivity index (χ2v) is 9.81. The molecular formula is C32H21F3N4O3. The summed E-state index contributed by atoms with van der Waals surface area (Å²) in [4.78, 5) is 18.1. The van der Waals surface area contributed by atoms with Gasteiger partial charge in [-0.05, 0) is 48.0 Å². The Kier molecular flexibility index (Phi) is 6.04. The number of aromatic nitrogens is 3. The number of benzene rings is 4. The van der Waals surface area contributed by atoms with Gasteiger partial charge in [0.15, 0.2) is 17.3 Å². The summed E-state index contributed by atoms with van der Waals surface area (Å²) in [5.41, 5.74) is 1.82. The van der Waals surface area contributed by atoms with Crippen molar-refractivity contribution >= 4 is 28.0 Å². The van der Waals surface area contributed by atoms with Crippen LogP contribution >= 0.6 is 0 Å². The van der Waals surface area contributed by atoms with Crippen LogP contribution < -0.4 is 15.0 Å². The first kappa shape index (κ1) is 25.6. The number of hydrogen-bond donors (Lipinski definition) is 0. The molecule has 0 spiro atoms. The van der Waals surface area contributed by atoms with Crippen LogP contribution in [0.1, 0.15) is 16.7 Å². The van der Waals surface area contributed by atoms with E-state index in [1.807, 2.05) is 48.7 Å². The Balaban J connectivity index is 1.34. The first-order valence-electron chi connectivity index (χ1n) is 13.1. The molecule has 42 heavy (non-hydrogen) atoms. The summed E-state index contributed by atoms with van der Waals surface area (Å²) in [6.07, 6.45) is -1.10. The van der Waals surface area contributed by atoms with Gasteiger partial charge in [0.25, 0.3) is 5.56 Å². The van der Waals surface area contributed by atoms with E-state index in [2.05, 4.69) is 14.7 Å². The summed E-state index contributed by atoms with van der Waals surface area (Å²) >= 11 is 0. The normalized spacial score (nSPS) is 13.0. The van der Waals surface area contributed by atoms with E-state index in [-0.39, 0.29) is 18.2 Å². The molecule has 4 aromatic carbocycles. The number of halogens is 3. The van der Waals surface area contributed by atoms with E-state index < -0.39 is 17.3 Å². The van der Waals surface area contributed by atoms with Crippen molar-refractivity contribution in [2.24, 2.45) is 5.10 Å². The zero-order valence-corrected chi connectivity index (χ0v) is 21.9. The number of alkyl halides is 3. The standard InChI is InChI=1S/C32H21F3N4O3/c33-32(34,35)23-7-5-6-21(15-23)30-37-26-10-3-1-9-25(26)31(40)39(30)36-16-22-18-38(27-11-4-2-8-24(22)27)17-20-12-13-28-29(14-20)42-19-41-28/h1-16,18H,17,19H2. The molecule has 0 saturated carbocycles. The van der Waals surface area contributed by atoms with Crippen LogP contribution in [-0.4, -0.2) is 27.2 Å². The first-order valence-corrected chi connectivity index (χ1v) is 13.1. The lowest BCUT2D eigenvalue weighted by atomic mass is 10.1. The van der Waals surface area contributed by atoms with Gasteiger partial charge in [-0.3, -0.25) is 4.79 Å². The van der Waals surface area contributed by atoms with Gasteiger partial charge in [-0.25, -0.2) is 4.98 Å². The minimum atomic E-state index is -4.55. The largest absolute Gasteiger partial charge is 0.454 e. The predicted molar refractivity (Wildman–Crippen MR) is 153 cm³/mol. The SMILES string of the molecule is O=c1c2ccccc2nc(-c2cccc(C(F)(F)F)c2)n1N=Cc1cn(Cc2ccc3c(c2)OCO3)c2ccccc12. The van der Waals surface area contributed by atoms with Crippen molar-refractivity contribution in [1.82, 2.24) is 14.2 Å². The Labute approximate surface area is 236 Å². The molecule has 6 aromatic rings. The third-order valence-electron chi connectivity index (χ3n) is 7.12. The third kappa shape index (κ3) is 4.56. The second kappa shape index (κ2) is 9.91. The highest BCUT2D eigenvalue weighted by atomic mass is 19.4. The molecule has 0 aliphatic carbocycles. The summed E-state index contributed by atoms with van der Waals surface area (Å²) < 4.78 is 54.6. The molecule has 7 rings (SSSR count). The van der Waals surface area contributed by atoms with Crippen LogP contribution in [-0.2, 0) is 12.7 Å². The number of para-hydroxylation sites is 2. The molecular weight excluding hydrogens is 545 g/mol. The zero-order chi connectivity index (χ0) is 28.8. The number of ether oxygens (including phenoxy) is 2. The maximum absolute atomic E-state index is 13.6. The number of rotatable bonds is 5. The first-order chi connectivity index (χ1) is 20.3. The molecule has 0 fully saturated rings. The van der Waals surface area contributed by atoms with Crippen molar-refractivity contribution in [1.29, 1.82) is 0 Å². The Bertz CT molecular complexity index is 2080. The average molecular weight is 567 g/mol. The van der Waals surface area contributed by atoms with Crippen LogP contribution in [0.5, 0.6) is 11.5 Å². The van der Waals surface area contributed by atoms with E-state index in [1.165, 1.54) is 18.3 Å². The lowest BCUT2D eigenvalue weighted by molar-refractivity contribution is -0.137. The molecule has 0 unspecified atom stereocenters. The second-order valence-electron chi connectivity index (χ2n) is 9.81. The van der Waals surface area contributed by atoms with Crippen molar-refractivity contribution in [3.63, 3.8) is 0 Å². The van der Waals surface area contributed by atoms with Gasteiger partial charge in [0.2, 0.25) is 6.79 Å². The van der Waals surface area contributed by atoms with Gasteiger partial charge in [-0.15, -0.1) is 0 Å². The zero-order valence-electron chi connectivity index (χ0n) is 21.9. The van der Waals surface area contributed by atoms with Crippen LogP contribution in [0.3, 0.4) is 0 Å². The molecule has 10 heteroatoms. The summed E-state index contributed by atoms with van der Waals surface area (Å²) in [6.45, 7) is 0.731. The van der Waals surface area contributed by atoms with Gasteiger partial charge < -0.3 is 14.0 Å². The van der Waals surface area contributed by atoms with Gasteiger partial charge in [0.05, 0.1) is 22.7 Å². The number of nitrogens with zero attached hydrogens (tertiary/aromatic N) is 4. The molecule has 0 radical (unpaired) electrons. The Morgan fingerprint density at radius 2 is 1.67 bits per heavy atom. The molecule has 7 nitrogen and oxygen atoms in total. The molecule has 3 heterocycles. The summed E-state index contributed by atoms with van der Waals surface area (Å²) in [5, 5.41) is 5.69. The third-order valence-corrected chi connectivity index (χ3v) is 7.12. The van der Waals surface area contributed by atoms with E-state index in [1.54, 1.807) is 24.3 Å².